The number of hydrogen-bond donors (Lipinski definition) is 1. The zero-order valence-electron chi connectivity index (χ0n) is 14.4. The van der Waals surface area contributed by atoms with Crippen molar-refractivity contribution in [3.05, 3.63) is 35.9 Å². The molecule has 0 amide bonds. The van der Waals surface area contributed by atoms with E-state index in [0.717, 1.165) is 38.7 Å². The summed E-state index contributed by atoms with van der Waals surface area (Å²) in [5.41, 5.74) is 1.87. The van der Waals surface area contributed by atoms with Crippen LogP contribution in [-0.2, 0) is 11.2 Å². The highest BCUT2D eigenvalue weighted by molar-refractivity contribution is 5.79. The molecule has 1 N–H and O–H groups in total. The maximum Gasteiger partial charge on any atom is 0.193 e. The van der Waals surface area contributed by atoms with Crippen LogP contribution in [0.1, 0.15) is 24.8 Å². The molecule has 1 unspecified atom stereocenters. The van der Waals surface area contributed by atoms with Crippen LogP contribution in [0.3, 0.4) is 0 Å². The Labute approximate surface area is 139 Å². The monoisotopic (exact) mass is 315 g/mol. The molecule has 126 valence electrons. The lowest BCUT2D eigenvalue weighted by molar-refractivity contribution is 0.181. The van der Waals surface area contributed by atoms with E-state index in [1.807, 2.05) is 7.05 Å². The van der Waals surface area contributed by atoms with Crippen LogP contribution in [0.4, 0.5) is 0 Å². The minimum Gasteiger partial charge on any atom is -0.381 e. The van der Waals surface area contributed by atoms with Crippen LogP contribution < -0.4 is 5.32 Å². The normalized spacial score (nSPS) is 22.9. The molecule has 2 fully saturated rings. The SMILES string of the molecule is CN=C(NCC1(Cc2ccccc2)CC1)N(C)CC1CCOC1. The number of aliphatic imine (C=N–C) groups is 1. The fraction of sp³-hybridized carbons (Fsp3) is 0.632. The van der Waals surface area contributed by atoms with E-state index < -0.39 is 0 Å². The van der Waals surface area contributed by atoms with Gasteiger partial charge in [0.15, 0.2) is 5.96 Å². The van der Waals surface area contributed by atoms with Crippen LogP contribution in [0.5, 0.6) is 0 Å². The predicted molar refractivity (Wildman–Crippen MR) is 94.7 cm³/mol. The second kappa shape index (κ2) is 7.35. The zero-order chi connectivity index (χ0) is 16.1. The minimum absolute atomic E-state index is 0.425. The van der Waals surface area contributed by atoms with E-state index in [9.17, 15) is 0 Å². The van der Waals surface area contributed by atoms with Crippen molar-refractivity contribution in [1.82, 2.24) is 10.2 Å². The van der Waals surface area contributed by atoms with Crippen molar-refractivity contribution in [2.24, 2.45) is 16.3 Å². The zero-order valence-corrected chi connectivity index (χ0v) is 14.4. The van der Waals surface area contributed by atoms with Crippen molar-refractivity contribution in [3.8, 4) is 0 Å². The average molecular weight is 315 g/mol. The summed E-state index contributed by atoms with van der Waals surface area (Å²) in [5.74, 6) is 1.65. The standard InChI is InChI=1S/C19H29N3O/c1-20-18(22(2)13-17-8-11-23-14-17)21-15-19(9-10-19)12-16-6-4-3-5-7-16/h3-7,17H,8-15H2,1-2H3,(H,20,21). The van der Waals surface area contributed by atoms with Gasteiger partial charge >= 0.3 is 0 Å². The van der Waals surface area contributed by atoms with Crippen molar-refractivity contribution >= 4 is 5.96 Å². The molecular formula is C19H29N3O. The van der Waals surface area contributed by atoms with Gasteiger partial charge in [0.25, 0.3) is 0 Å². The van der Waals surface area contributed by atoms with Crippen LogP contribution in [-0.4, -0.2) is 51.3 Å². The maximum absolute atomic E-state index is 5.48. The Morgan fingerprint density at radius 2 is 2.13 bits per heavy atom. The third-order valence-corrected chi connectivity index (χ3v) is 5.13. The number of nitrogens with zero attached hydrogens (tertiary/aromatic N) is 2. The first-order valence-corrected chi connectivity index (χ1v) is 8.74. The van der Waals surface area contributed by atoms with Gasteiger partial charge in [-0.15, -0.1) is 0 Å². The van der Waals surface area contributed by atoms with Crippen molar-refractivity contribution in [2.45, 2.75) is 25.7 Å². The molecular weight excluding hydrogens is 286 g/mol. The molecule has 0 bridgehead atoms. The molecule has 23 heavy (non-hydrogen) atoms. The number of hydrogen-bond acceptors (Lipinski definition) is 2. The lowest BCUT2D eigenvalue weighted by atomic mass is 9.96. The lowest BCUT2D eigenvalue weighted by Crippen LogP contribution is -2.43. The number of nitrogens with one attached hydrogen (secondary N) is 1. The molecule has 2 aliphatic rings. The van der Waals surface area contributed by atoms with Gasteiger partial charge in [-0.3, -0.25) is 4.99 Å². The van der Waals surface area contributed by atoms with Crippen LogP contribution in [0.25, 0.3) is 0 Å². The van der Waals surface area contributed by atoms with Gasteiger partial charge < -0.3 is 15.0 Å². The van der Waals surface area contributed by atoms with Gasteiger partial charge in [0, 0.05) is 39.7 Å². The molecule has 0 aromatic heterocycles. The molecule has 3 rings (SSSR count). The molecule has 4 nitrogen and oxygen atoms in total. The smallest absolute Gasteiger partial charge is 0.193 e. The first-order chi connectivity index (χ1) is 11.2. The van der Waals surface area contributed by atoms with Gasteiger partial charge in [0.05, 0.1) is 6.61 Å². The highest BCUT2D eigenvalue weighted by atomic mass is 16.5. The molecule has 1 aliphatic heterocycles. The highest BCUT2D eigenvalue weighted by Gasteiger charge is 2.42. The molecule has 1 aliphatic carbocycles. The Hall–Kier alpha value is -1.55. The Morgan fingerprint density at radius 3 is 2.74 bits per heavy atom. The molecule has 1 heterocycles. The Bertz CT molecular complexity index is 519. The molecule has 1 saturated carbocycles. The van der Waals surface area contributed by atoms with Gasteiger partial charge in [-0.2, -0.15) is 0 Å². The first kappa shape index (κ1) is 16.3. The third-order valence-electron chi connectivity index (χ3n) is 5.13. The number of ether oxygens (including phenoxy) is 1. The van der Waals surface area contributed by atoms with Gasteiger partial charge in [-0.25, -0.2) is 0 Å². The van der Waals surface area contributed by atoms with E-state index in [2.05, 4.69) is 52.6 Å². The van der Waals surface area contributed by atoms with Crippen LogP contribution in [0.15, 0.2) is 35.3 Å². The first-order valence-electron chi connectivity index (χ1n) is 8.74. The summed E-state index contributed by atoms with van der Waals surface area (Å²) in [5, 5.41) is 3.60. The largest absolute Gasteiger partial charge is 0.381 e. The summed E-state index contributed by atoms with van der Waals surface area (Å²) >= 11 is 0. The summed E-state index contributed by atoms with van der Waals surface area (Å²) in [7, 11) is 4.01. The van der Waals surface area contributed by atoms with E-state index in [1.165, 1.54) is 24.8 Å². The molecule has 4 heteroatoms. The minimum atomic E-state index is 0.425. The fourth-order valence-corrected chi connectivity index (χ4v) is 3.47. The summed E-state index contributed by atoms with van der Waals surface area (Å²) in [4.78, 5) is 6.71. The molecule has 1 aromatic carbocycles. The Balaban J connectivity index is 1.49. The average Bonchev–Trinajstić information content (AvgIpc) is 3.12. The summed E-state index contributed by atoms with van der Waals surface area (Å²) in [6.07, 6.45) is 4.95. The number of benzene rings is 1. The molecule has 1 saturated heterocycles. The Morgan fingerprint density at radius 1 is 1.35 bits per heavy atom. The van der Waals surface area contributed by atoms with Gasteiger partial charge in [0.2, 0.25) is 0 Å². The second-order valence-corrected chi connectivity index (χ2v) is 7.17. The maximum atomic E-state index is 5.48. The fourth-order valence-electron chi connectivity index (χ4n) is 3.47. The number of guanidine groups is 1. The second-order valence-electron chi connectivity index (χ2n) is 7.17. The van der Waals surface area contributed by atoms with Crippen LogP contribution in [0, 0.1) is 11.3 Å². The predicted octanol–water partition coefficient (Wildman–Crippen LogP) is 2.55. The van der Waals surface area contributed by atoms with Gasteiger partial charge in [0.1, 0.15) is 0 Å². The van der Waals surface area contributed by atoms with Crippen molar-refractivity contribution < 1.29 is 4.74 Å². The Kier molecular flexibility index (Phi) is 5.21. The quantitative estimate of drug-likeness (QED) is 0.647. The van der Waals surface area contributed by atoms with E-state index >= 15 is 0 Å². The van der Waals surface area contributed by atoms with Crippen molar-refractivity contribution in [2.75, 3.05) is 40.4 Å². The van der Waals surface area contributed by atoms with E-state index in [1.54, 1.807) is 0 Å². The van der Waals surface area contributed by atoms with Crippen LogP contribution in [0.2, 0.25) is 0 Å². The molecule has 0 radical (unpaired) electrons. The summed E-state index contributed by atoms with van der Waals surface area (Å²) in [6, 6.07) is 10.8. The van der Waals surface area contributed by atoms with Gasteiger partial charge in [-0.05, 0) is 36.7 Å². The highest BCUT2D eigenvalue weighted by Crippen LogP contribution is 2.47. The van der Waals surface area contributed by atoms with E-state index in [-0.39, 0.29) is 0 Å². The van der Waals surface area contributed by atoms with Crippen molar-refractivity contribution in [1.29, 1.82) is 0 Å². The summed E-state index contributed by atoms with van der Waals surface area (Å²) in [6.45, 7) is 3.83. The lowest BCUT2D eigenvalue weighted by Gasteiger charge is -2.26. The van der Waals surface area contributed by atoms with E-state index in [4.69, 9.17) is 4.74 Å². The molecule has 1 atom stereocenters. The number of rotatable bonds is 6. The summed E-state index contributed by atoms with van der Waals surface area (Å²) < 4.78 is 5.48. The topological polar surface area (TPSA) is 36.9 Å². The van der Waals surface area contributed by atoms with Gasteiger partial charge in [-0.1, -0.05) is 30.3 Å². The van der Waals surface area contributed by atoms with E-state index in [0.29, 0.717) is 11.3 Å². The molecule has 1 aromatic rings. The molecule has 0 spiro atoms. The van der Waals surface area contributed by atoms with Crippen LogP contribution >= 0.6 is 0 Å². The van der Waals surface area contributed by atoms with Crippen molar-refractivity contribution in [3.63, 3.8) is 0 Å². The third kappa shape index (κ3) is 4.47.